The van der Waals surface area contributed by atoms with Crippen molar-refractivity contribution >= 4 is 10.8 Å². The first-order valence-electron chi connectivity index (χ1n) is 6.18. The van der Waals surface area contributed by atoms with E-state index in [-0.39, 0.29) is 0 Å². The Bertz CT molecular complexity index is 173. The van der Waals surface area contributed by atoms with Crippen LogP contribution in [0.5, 0.6) is 0 Å². The summed E-state index contributed by atoms with van der Waals surface area (Å²) < 4.78 is 11.6. The van der Waals surface area contributed by atoms with Crippen LogP contribution in [0.2, 0.25) is 0 Å². The normalized spacial score (nSPS) is 17.3. The molecular weight excluding hydrogens is 206 g/mol. The maximum Gasteiger partial charge on any atom is 0.0260 e. The van der Waals surface area contributed by atoms with Crippen molar-refractivity contribution in [2.45, 2.75) is 53.0 Å². The van der Waals surface area contributed by atoms with Gasteiger partial charge in [-0.1, -0.05) is 27.2 Å². The molecule has 0 spiro atoms. The van der Waals surface area contributed by atoms with Gasteiger partial charge in [-0.05, 0) is 32.2 Å². The Balaban J connectivity index is 3.46. The highest BCUT2D eigenvalue weighted by atomic mass is 32.2. The van der Waals surface area contributed by atoms with Crippen LogP contribution in [-0.4, -0.2) is 28.3 Å². The van der Waals surface area contributed by atoms with Crippen LogP contribution in [-0.2, 0) is 10.8 Å². The maximum atomic E-state index is 11.6. The average molecular weight is 233 g/mol. The van der Waals surface area contributed by atoms with Crippen molar-refractivity contribution < 1.29 is 4.21 Å². The van der Waals surface area contributed by atoms with Gasteiger partial charge in [0.25, 0.3) is 0 Å². The summed E-state index contributed by atoms with van der Waals surface area (Å²) in [6.07, 6.45) is 3.36. The molecule has 0 saturated carbocycles. The van der Waals surface area contributed by atoms with E-state index in [4.69, 9.17) is 0 Å². The Morgan fingerprint density at radius 2 is 1.93 bits per heavy atom. The third kappa shape index (κ3) is 9.06. The van der Waals surface area contributed by atoms with E-state index in [0.717, 1.165) is 37.3 Å². The summed E-state index contributed by atoms with van der Waals surface area (Å²) in [5.41, 5.74) is 0. The van der Waals surface area contributed by atoms with Gasteiger partial charge in [-0.2, -0.15) is 0 Å². The van der Waals surface area contributed by atoms with Gasteiger partial charge in [-0.25, -0.2) is 0 Å². The first-order chi connectivity index (χ1) is 7.10. The second-order valence-electron chi connectivity index (χ2n) is 4.42. The summed E-state index contributed by atoms with van der Waals surface area (Å²) in [6.45, 7) is 9.68. The standard InChI is InChI=1S/C12H27NOS/c1-5-11(3)10-15(14)9-7-8-12(4)13-6-2/h11-13H,5-10H2,1-4H3. The van der Waals surface area contributed by atoms with Crippen molar-refractivity contribution in [3.63, 3.8) is 0 Å². The minimum Gasteiger partial charge on any atom is -0.315 e. The third-order valence-electron chi connectivity index (χ3n) is 2.73. The molecule has 0 aromatic heterocycles. The van der Waals surface area contributed by atoms with Crippen molar-refractivity contribution in [2.24, 2.45) is 5.92 Å². The molecule has 0 saturated heterocycles. The molecule has 0 aliphatic heterocycles. The van der Waals surface area contributed by atoms with Crippen molar-refractivity contribution in [1.82, 2.24) is 5.32 Å². The van der Waals surface area contributed by atoms with Gasteiger partial charge in [0.15, 0.2) is 0 Å². The highest BCUT2D eigenvalue weighted by Crippen LogP contribution is 2.05. The van der Waals surface area contributed by atoms with Crippen LogP contribution in [0.25, 0.3) is 0 Å². The molecule has 0 radical (unpaired) electrons. The first kappa shape index (κ1) is 15.1. The fraction of sp³-hybridized carbons (Fsp3) is 1.00. The summed E-state index contributed by atoms with van der Waals surface area (Å²) in [6, 6.07) is 0.565. The molecule has 92 valence electrons. The molecule has 15 heavy (non-hydrogen) atoms. The Hall–Kier alpha value is 0.110. The molecular formula is C12H27NOS. The third-order valence-corrected chi connectivity index (χ3v) is 4.41. The highest BCUT2D eigenvalue weighted by Gasteiger charge is 2.06. The zero-order valence-electron chi connectivity index (χ0n) is 10.7. The van der Waals surface area contributed by atoms with Gasteiger partial charge in [0.1, 0.15) is 0 Å². The van der Waals surface area contributed by atoms with Crippen molar-refractivity contribution in [1.29, 1.82) is 0 Å². The van der Waals surface area contributed by atoms with E-state index in [2.05, 4.69) is 33.0 Å². The monoisotopic (exact) mass is 233 g/mol. The van der Waals surface area contributed by atoms with Crippen molar-refractivity contribution in [3.05, 3.63) is 0 Å². The Morgan fingerprint density at radius 1 is 1.27 bits per heavy atom. The minimum atomic E-state index is -0.598. The number of nitrogens with one attached hydrogen (secondary N) is 1. The molecule has 0 bridgehead atoms. The zero-order valence-corrected chi connectivity index (χ0v) is 11.5. The van der Waals surface area contributed by atoms with Crippen LogP contribution in [0.4, 0.5) is 0 Å². The van der Waals surface area contributed by atoms with Gasteiger partial charge < -0.3 is 5.32 Å². The van der Waals surface area contributed by atoms with Crippen LogP contribution in [0, 0.1) is 5.92 Å². The number of rotatable bonds is 9. The van der Waals surface area contributed by atoms with Crippen LogP contribution < -0.4 is 5.32 Å². The largest absolute Gasteiger partial charge is 0.315 e. The first-order valence-corrected chi connectivity index (χ1v) is 7.67. The molecule has 0 aliphatic carbocycles. The Morgan fingerprint density at radius 3 is 2.47 bits per heavy atom. The van der Waals surface area contributed by atoms with Crippen LogP contribution in [0.3, 0.4) is 0 Å². The lowest BCUT2D eigenvalue weighted by Crippen LogP contribution is -2.25. The van der Waals surface area contributed by atoms with E-state index >= 15 is 0 Å². The smallest absolute Gasteiger partial charge is 0.0260 e. The molecule has 2 nitrogen and oxygen atoms in total. The number of hydrogen-bond donors (Lipinski definition) is 1. The maximum absolute atomic E-state index is 11.6. The molecule has 3 unspecified atom stereocenters. The van der Waals surface area contributed by atoms with Gasteiger partial charge in [-0.3, -0.25) is 4.21 Å². The molecule has 0 amide bonds. The van der Waals surface area contributed by atoms with Crippen LogP contribution >= 0.6 is 0 Å². The molecule has 0 heterocycles. The van der Waals surface area contributed by atoms with Gasteiger partial charge in [0.2, 0.25) is 0 Å². The van der Waals surface area contributed by atoms with Gasteiger partial charge in [0.05, 0.1) is 0 Å². The molecule has 0 aromatic rings. The minimum absolute atomic E-state index is 0.565. The van der Waals surface area contributed by atoms with Crippen LogP contribution in [0.15, 0.2) is 0 Å². The van der Waals surface area contributed by atoms with E-state index < -0.39 is 10.8 Å². The second kappa shape index (κ2) is 9.34. The lowest BCUT2D eigenvalue weighted by molar-refractivity contribution is 0.524. The lowest BCUT2D eigenvalue weighted by Gasteiger charge is -2.12. The summed E-state index contributed by atoms with van der Waals surface area (Å²) in [5.74, 6) is 2.36. The predicted molar refractivity (Wildman–Crippen MR) is 69.7 cm³/mol. The predicted octanol–water partition coefficient (Wildman–Crippen LogP) is 2.56. The molecule has 0 aliphatic rings. The average Bonchev–Trinajstić information content (AvgIpc) is 2.18. The van der Waals surface area contributed by atoms with E-state index in [1.165, 1.54) is 0 Å². The SMILES string of the molecule is CCNC(C)CCCS(=O)CC(C)CC. The summed E-state index contributed by atoms with van der Waals surface area (Å²) in [7, 11) is -0.598. The number of hydrogen-bond acceptors (Lipinski definition) is 2. The Kier molecular flexibility index (Phi) is 9.41. The summed E-state index contributed by atoms with van der Waals surface area (Å²) >= 11 is 0. The summed E-state index contributed by atoms with van der Waals surface area (Å²) in [4.78, 5) is 0. The topological polar surface area (TPSA) is 29.1 Å². The lowest BCUT2D eigenvalue weighted by atomic mass is 10.2. The quantitative estimate of drug-likeness (QED) is 0.663. The van der Waals surface area contributed by atoms with Crippen molar-refractivity contribution in [3.8, 4) is 0 Å². The molecule has 3 heteroatoms. The molecule has 1 N–H and O–H groups in total. The molecule has 0 rings (SSSR count). The molecule has 0 fully saturated rings. The molecule has 0 aromatic carbocycles. The van der Waals surface area contributed by atoms with Crippen LogP contribution in [0.1, 0.15) is 47.0 Å². The van der Waals surface area contributed by atoms with Crippen molar-refractivity contribution in [2.75, 3.05) is 18.1 Å². The summed E-state index contributed by atoms with van der Waals surface area (Å²) in [5, 5.41) is 3.37. The van der Waals surface area contributed by atoms with E-state index in [1.54, 1.807) is 0 Å². The van der Waals surface area contributed by atoms with E-state index in [9.17, 15) is 4.21 Å². The van der Waals surface area contributed by atoms with Gasteiger partial charge in [-0.15, -0.1) is 0 Å². The zero-order chi connectivity index (χ0) is 11.7. The van der Waals surface area contributed by atoms with Gasteiger partial charge in [0, 0.05) is 28.3 Å². The Labute approximate surface area is 97.7 Å². The van der Waals surface area contributed by atoms with E-state index in [0.29, 0.717) is 12.0 Å². The fourth-order valence-corrected chi connectivity index (χ4v) is 3.05. The fourth-order valence-electron chi connectivity index (χ4n) is 1.52. The second-order valence-corrected chi connectivity index (χ2v) is 6.05. The van der Waals surface area contributed by atoms with E-state index in [1.807, 2.05) is 0 Å². The van der Waals surface area contributed by atoms with Gasteiger partial charge >= 0.3 is 0 Å². The molecule has 3 atom stereocenters. The highest BCUT2D eigenvalue weighted by molar-refractivity contribution is 7.84.